The maximum atomic E-state index is 12.8. The van der Waals surface area contributed by atoms with Crippen LogP contribution in [0.15, 0.2) is 24.3 Å². The molecule has 1 nitrogen and oxygen atoms in total. The molecule has 1 heterocycles. The highest BCUT2D eigenvalue weighted by molar-refractivity contribution is 6.18. The summed E-state index contributed by atoms with van der Waals surface area (Å²) in [5, 5.41) is 0. The van der Waals surface area contributed by atoms with Gasteiger partial charge in [0.15, 0.2) is 0 Å². The van der Waals surface area contributed by atoms with Gasteiger partial charge >= 0.3 is 0 Å². The minimum atomic E-state index is -0.170. The third kappa shape index (κ3) is 2.96. The summed E-state index contributed by atoms with van der Waals surface area (Å²) in [6.45, 7) is 1.99. The summed E-state index contributed by atoms with van der Waals surface area (Å²) in [6.07, 6.45) is 3.70. The molecule has 0 amide bonds. The molecule has 1 unspecified atom stereocenters. The summed E-state index contributed by atoms with van der Waals surface area (Å²) < 4.78 is 12.8. The van der Waals surface area contributed by atoms with Crippen molar-refractivity contribution < 1.29 is 4.39 Å². The normalized spacial score (nSPS) is 22.2. The van der Waals surface area contributed by atoms with E-state index in [9.17, 15) is 4.39 Å². The second-order valence-electron chi connectivity index (χ2n) is 4.40. The van der Waals surface area contributed by atoms with Gasteiger partial charge < -0.3 is 0 Å². The van der Waals surface area contributed by atoms with Crippen LogP contribution in [0, 0.1) is 5.82 Å². The lowest BCUT2D eigenvalue weighted by atomic mass is 10.0. The van der Waals surface area contributed by atoms with Gasteiger partial charge in [0.2, 0.25) is 0 Å². The first-order valence-corrected chi connectivity index (χ1v) is 6.37. The Morgan fingerprint density at radius 2 is 2.00 bits per heavy atom. The fourth-order valence-corrected chi connectivity index (χ4v) is 2.62. The van der Waals surface area contributed by atoms with Gasteiger partial charge in [-0.05, 0) is 37.1 Å². The van der Waals surface area contributed by atoms with Gasteiger partial charge in [0, 0.05) is 18.5 Å². The van der Waals surface area contributed by atoms with Gasteiger partial charge in [-0.15, -0.1) is 11.6 Å². The quantitative estimate of drug-likeness (QED) is 0.733. The summed E-state index contributed by atoms with van der Waals surface area (Å²) in [5.41, 5.74) is 1.17. The Labute approximate surface area is 101 Å². The van der Waals surface area contributed by atoms with Crippen molar-refractivity contribution in [1.82, 2.24) is 4.90 Å². The second-order valence-corrected chi connectivity index (χ2v) is 4.71. The fraction of sp³-hybridized carbons (Fsp3) is 0.538. The summed E-state index contributed by atoms with van der Waals surface area (Å²) in [5.74, 6) is 0.526. The van der Waals surface area contributed by atoms with E-state index in [0.717, 1.165) is 13.1 Å². The van der Waals surface area contributed by atoms with E-state index in [1.807, 2.05) is 12.1 Å². The third-order valence-corrected chi connectivity index (χ3v) is 3.58. The van der Waals surface area contributed by atoms with Crippen LogP contribution in [-0.4, -0.2) is 23.4 Å². The smallest absolute Gasteiger partial charge is 0.123 e. The zero-order valence-corrected chi connectivity index (χ0v) is 10.1. The Bertz CT molecular complexity index is 325. The van der Waals surface area contributed by atoms with Gasteiger partial charge in [-0.3, -0.25) is 4.90 Å². The number of likely N-dealkylation sites (tertiary alicyclic amines) is 1. The van der Waals surface area contributed by atoms with Gasteiger partial charge in [0.25, 0.3) is 0 Å². The predicted octanol–water partition coefficient (Wildman–Crippen LogP) is 3.42. The van der Waals surface area contributed by atoms with Gasteiger partial charge in [0.05, 0.1) is 0 Å². The molecule has 1 aliphatic rings. The van der Waals surface area contributed by atoms with Crippen LogP contribution in [0.3, 0.4) is 0 Å². The van der Waals surface area contributed by atoms with E-state index in [4.69, 9.17) is 11.6 Å². The maximum Gasteiger partial charge on any atom is 0.123 e. The van der Waals surface area contributed by atoms with E-state index < -0.39 is 0 Å². The first-order chi connectivity index (χ1) is 7.79. The second kappa shape index (κ2) is 5.65. The number of nitrogens with zero attached hydrogens (tertiary/aromatic N) is 1. The Hall–Kier alpha value is -0.600. The monoisotopic (exact) mass is 241 g/mol. The van der Waals surface area contributed by atoms with E-state index >= 15 is 0 Å². The van der Waals surface area contributed by atoms with Crippen LogP contribution in [0.25, 0.3) is 0 Å². The molecule has 1 saturated heterocycles. The Morgan fingerprint density at radius 1 is 1.25 bits per heavy atom. The molecule has 0 spiro atoms. The Kier molecular flexibility index (Phi) is 4.19. The molecule has 3 heteroatoms. The largest absolute Gasteiger partial charge is 0.295 e. The molecule has 0 N–H and O–H groups in total. The minimum absolute atomic E-state index is 0.170. The lowest BCUT2D eigenvalue weighted by Gasteiger charge is -2.34. The van der Waals surface area contributed by atoms with Crippen molar-refractivity contribution in [3.63, 3.8) is 0 Å². The summed E-state index contributed by atoms with van der Waals surface area (Å²) in [4.78, 5) is 2.41. The lowest BCUT2D eigenvalue weighted by molar-refractivity contribution is 0.155. The number of benzene rings is 1. The predicted molar refractivity (Wildman–Crippen MR) is 65.2 cm³/mol. The van der Waals surface area contributed by atoms with Crippen LogP contribution >= 0.6 is 11.6 Å². The average Bonchev–Trinajstić information content (AvgIpc) is 2.33. The number of hydrogen-bond acceptors (Lipinski definition) is 1. The maximum absolute atomic E-state index is 12.8. The topological polar surface area (TPSA) is 3.24 Å². The van der Waals surface area contributed by atoms with Crippen molar-refractivity contribution in [2.24, 2.45) is 0 Å². The van der Waals surface area contributed by atoms with Gasteiger partial charge in [0.1, 0.15) is 5.82 Å². The molecule has 1 aromatic rings. The summed E-state index contributed by atoms with van der Waals surface area (Å²) in [7, 11) is 0. The van der Waals surface area contributed by atoms with Crippen molar-refractivity contribution in [3.05, 3.63) is 35.6 Å². The molecule has 0 saturated carbocycles. The lowest BCUT2D eigenvalue weighted by Crippen LogP contribution is -2.40. The molecule has 1 aromatic carbocycles. The van der Waals surface area contributed by atoms with Crippen LogP contribution in [0.1, 0.15) is 24.8 Å². The number of alkyl halides is 1. The van der Waals surface area contributed by atoms with Crippen LogP contribution in [0.5, 0.6) is 0 Å². The standard InChI is InChI=1S/C13H17ClFN/c14-9-13-3-1-2-8-16(13)10-11-4-6-12(15)7-5-11/h4-7,13H,1-3,8-10H2. The molecular formula is C13H17ClFN. The molecule has 1 atom stereocenters. The van der Waals surface area contributed by atoms with E-state index in [2.05, 4.69) is 4.90 Å². The molecule has 1 aliphatic heterocycles. The Morgan fingerprint density at radius 3 is 2.69 bits per heavy atom. The SMILES string of the molecule is Fc1ccc(CN2CCCCC2CCl)cc1. The average molecular weight is 242 g/mol. The van der Waals surface area contributed by atoms with Gasteiger partial charge in [-0.25, -0.2) is 4.39 Å². The van der Waals surface area contributed by atoms with Crippen molar-refractivity contribution >= 4 is 11.6 Å². The van der Waals surface area contributed by atoms with Crippen molar-refractivity contribution in [2.45, 2.75) is 31.8 Å². The molecule has 1 fully saturated rings. The highest BCUT2D eigenvalue weighted by Crippen LogP contribution is 2.20. The van der Waals surface area contributed by atoms with Crippen molar-refractivity contribution in [1.29, 1.82) is 0 Å². The Balaban J connectivity index is 1.99. The van der Waals surface area contributed by atoms with Gasteiger partial charge in [-0.2, -0.15) is 0 Å². The molecule has 0 aromatic heterocycles. The van der Waals surface area contributed by atoms with Crippen LogP contribution in [0.4, 0.5) is 4.39 Å². The van der Waals surface area contributed by atoms with Gasteiger partial charge in [-0.1, -0.05) is 18.6 Å². The molecule has 0 aliphatic carbocycles. The zero-order chi connectivity index (χ0) is 11.4. The molecule has 16 heavy (non-hydrogen) atoms. The van der Waals surface area contributed by atoms with E-state index in [1.165, 1.54) is 37.0 Å². The summed E-state index contributed by atoms with van der Waals surface area (Å²) >= 11 is 5.96. The molecule has 2 rings (SSSR count). The molecular weight excluding hydrogens is 225 g/mol. The molecule has 0 bridgehead atoms. The first kappa shape index (κ1) is 11.9. The fourth-order valence-electron chi connectivity index (χ4n) is 2.27. The van der Waals surface area contributed by atoms with E-state index in [1.54, 1.807) is 0 Å². The van der Waals surface area contributed by atoms with E-state index in [-0.39, 0.29) is 5.82 Å². The van der Waals surface area contributed by atoms with Crippen LogP contribution in [0.2, 0.25) is 0 Å². The number of piperidine rings is 1. The highest BCUT2D eigenvalue weighted by Gasteiger charge is 2.21. The van der Waals surface area contributed by atoms with Crippen molar-refractivity contribution in [2.75, 3.05) is 12.4 Å². The van der Waals surface area contributed by atoms with Crippen LogP contribution < -0.4 is 0 Å². The van der Waals surface area contributed by atoms with Crippen molar-refractivity contribution in [3.8, 4) is 0 Å². The molecule has 88 valence electrons. The number of halogens is 2. The first-order valence-electron chi connectivity index (χ1n) is 5.84. The van der Waals surface area contributed by atoms with E-state index in [0.29, 0.717) is 11.9 Å². The highest BCUT2D eigenvalue weighted by atomic mass is 35.5. The number of rotatable bonds is 3. The minimum Gasteiger partial charge on any atom is -0.295 e. The molecule has 0 radical (unpaired) electrons. The third-order valence-electron chi connectivity index (χ3n) is 3.23. The number of hydrogen-bond donors (Lipinski definition) is 0. The summed E-state index contributed by atoms with van der Waals surface area (Å²) in [6, 6.07) is 7.24. The van der Waals surface area contributed by atoms with Crippen LogP contribution in [-0.2, 0) is 6.54 Å². The zero-order valence-electron chi connectivity index (χ0n) is 9.33.